The summed E-state index contributed by atoms with van der Waals surface area (Å²) >= 11 is 0. The fourth-order valence-corrected chi connectivity index (χ4v) is 4.07. The van der Waals surface area contributed by atoms with Crippen molar-refractivity contribution in [3.8, 4) is 0 Å². The molecule has 2 heterocycles. The number of hydrogen-bond donors (Lipinski definition) is 2. The first kappa shape index (κ1) is 19.4. The second kappa shape index (κ2) is 7.00. The Kier molecular flexibility index (Phi) is 5.04. The Morgan fingerprint density at radius 2 is 2.11 bits per heavy atom. The lowest BCUT2D eigenvalue weighted by Gasteiger charge is -2.39. The zero-order chi connectivity index (χ0) is 19.9. The number of para-hydroxylation sites is 1. The molecule has 1 aliphatic rings. The molecule has 0 aliphatic carbocycles. The second-order valence-corrected chi connectivity index (χ2v) is 8.54. The Balaban J connectivity index is 2.18. The maximum absolute atomic E-state index is 12.0. The molecule has 1 aromatic carbocycles. The van der Waals surface area contributed by atoms with Gasteiger partial charge in [-0.05, 0) is 52.7 Å². The van der Waals surface area contributed by atoms with Crippen LogP contribution in [0.2, 0.25) is 0 Å². The van der Waals surface area contributed by atoms with Crippen LogP contribution in [0.5, 0.6) is 0 Å². The van der Waals surface area contributed by atoms with Crippen LogP contribution in [0, 0.1) is 6.92 Å². The maximum atomic E-state index is 12.0. The molecule has 2 atom stereocenters. The molecule has 6 heteroatoms. The molecule has 146 valence electrons. The van der Waals surface area contributed by atoms with Gasteiger partial charge in [0.05, 0.1) is 11.6 Å². The van der Waals surface area contributed by atoms with Gasteiger partial charge >= 0.3 is 6.09 Å². The van der Waals surface area contributed by atoms with Crippen LogP contribution in [0.25, 0.3) is 10.9 Å². The molecule has 3 rings (SSSR count). The van der Waals surface area contributed by atoms with Crippen LogP contribution in [-0.4, -0.2) is 45.8 Å². The van der Waals surface area contributed by atoms with Gasteiger partial charge in [0.1, 0.15) is 5.82 Å². The summed E-state index contributed by atoms with van der Waals surface area (Å²) in [5.41, 5.74) is 8.62. The molecule has 27 heavy (non-hydrogen) atoms. The number of fused-ring (bicyclic) bond motifs is 1. The first-order valence-electron chi connectivity index (χ1n) is 9.52. The summed E-state index contributed by atoms with van der Waals surface area (Å²) in [6, 6.07) is 8.00. The van der Waals surface area contributed by atoms with Gasteiger partial charge in [0.2, 0.25) is 0 Å². The molecule has 1 fully saturated rings. The van der Waals surface area contributed by atoms with Crippen LogP contribution in [0.3, 0.4) is 0 Å². The van der Waals surface area contributed by atoms with Gasteiger partial charge < -0.3 is 15.7 Å². The van der Waals surface area contributed by atoms with Gasteiger partial charge in [0, 0.05) is 35.6 Å². The second-order valence-electron chi connectivity index (χ2n) is 8.54. The zero-order valence-electron chi connectivity index (χ0n) is 16.9. The quantitative estimate of drug-likeness (QED) is 0.856. The van der Waals surface area contributed by atoms with E-state index < -0.39 is 11.6 Å². The minimum Gasteiger partial charge on any atom is -0.465 e. The summed E-state index contributed by atoms with van der Waals surface area (Å²) in [7, 11) is 0. The molecule has 2 aromatic rings. The normalized spacial score (nSPS) is 18.7. The fraction of sp³-hybridized carbons (Fsp3) is 0.524. The Hall–Kier alpha value is -2.34. The van der Waals surface area contributed by atoms with Crippen molar-refractivity contribution in [1.29, 1.82) is 0 Å². The van der Waals surface area contributed by atoms with E-state index in [-0.39, 0.29) is 12.1 Å². The molecule has 6 nitrogen and oxygen atoms in total. The standard InChI is InChI=1S/C21H30N4O2/c1-13-7-6-8-15-11-17(14(2)25(20(26)27)21(3,4)5)19(23-18(13)15)24-10-9-16(22)12-24/h6-8,11,14,16H,9-10,12,22H2,1-5H3,(H,26,27)/t14-,16-/m0/s1. The van der Waals surface area contributed by atoms with Crippen LogP contribution < -0.4 is 10.6 Å². The predicted octanol–water partition coefficient (Wildman–Crippen LogP) is 3.92. The SMILES string of the molecule is Cc1cccc2cc([C@H](C)N(C(=O)O)C(C)(C)C)c(N3CC[C@H](N)C3)nc12. The zero-order valence-corrected chi connectivity index (χ0v) is 16.9. The van der Waals surface area contributed by atoms with E-state index in [0.29, 0.717) is 0 Å². The molecule has 0 radical (unpaired) electrons. The summed E-state index contributed by atoms with van der Waals surface area (Å²) < 4.78 is 0. The topological polar surface area (TPSA) is 82.7 Å². The number of aromatic nitrogens is 1. The van der Waals surface area contributed by atoms with Crippen molar-refractivity contribution in [3.05, 3.63) is 35.4 Å². The molecule has 0 bridgehead atoms. The summed E-state index contributed by atoms with van der Waals surface area (Å²) in [6.07, 6.45) is -0.00753. The Morgan fingerprint density at radius 1 is 1.41 bits per heavy atom. The average Bonchev–Trinajstić information content (AvgIpc) is 2.98. The van der Waals surface area contributed by atoms with Crippen LogP contribution in [0.4, 0.5) is 10.6 Å². The summed E-state index contributed by atoms with van der Waals surface area (Å²) in [5, 5.41) is 10.9. The fourth-order valence-electron chi connectivity index (χ4n) is 4.07. The molecule has 1 amide bonds. The van der Waals surface area contributed by atoms with Crippen molar-refractivity contribution in [1.82, 2.24) is 9.88 Å². The third kappa shape index (κ3) is 3.72. The lowest BCUT2D eigenvalue weighted by atomic mass is 9.98. The first-order valence-corrected chi connectivity index (χ1v) is 9.52. The summed E-state index contributed by atoms with van der Waals surface area (Å²) in [5.74, 6) is 0.854. The summed E-state index contributed by atoms with van der Waals surface area (Å²) in [6.45, 7) is 11.3. The van der Waals surface area contributed by atoms with Gasteiger partial charge in [-0.15, -0.1) is 0 Å². The van der Waals surface area contributed by atoms with E-state index in [9.17, 15) is 9.90 Å². The number of amides is 1. The molecule has 1 saturated heterocycles. The number of rotatable bonds is 3. The predicted molar refractivity (Wildman–Crippen MR) is 109 cm³/mol. The highest BCUT2D eigenvalue weighted by Crippen LogP contribution is 2.36. The van der Waals surface area contributed by atoms with E-state index in [0.717, 1.165) is 47.4 Å². The van der Waals surface area contributed by atoms with Crippen molar-refractivity contribution in [2.24, 2.45) is 5.73 Å². The van der Waals surface area contributed by atoms with Gasteiger partial charge in [0.25, 0.3) is 0 Å². The monoisotopic (exact) mass is 370 g/mol. The van der Waals surface area contributed by atoms with Gasteiger partial charge in [-0.3, -0.25) is 4.90 Å². The van der Waals surface area contributed by atoms with E-state index in [2.05, 4.69) is 24.0 Å². The number of carboxylic acid groups (broad SMARTS) is 1. The molecular formula is C21H30N4O2. The van der Waals surface area contributed by atoms with Crippen LogP contribution in [0.1, 0.15) is 51.3 Å². The van der Waals surface area contributed by atoms with Crippen molar-refractivity contribution < 1.29 is 9.90 Å². The van der Waals surface area contributed by atoms with Crippen molar-refractivity contribution in [2.45, 2.75) is 58.7 Å². The van der Waals surface area contributed by atoms with Crippen LogP contribution in [-0.2, 0) is 0 Å². The molecule has 0 spiro atoms. The molecule has 0 unspecified atom stereocenters. The van der Waals surface area contributed by atoms with Gasteiger partial charge in [0.15, 0.2) is 0 Å². The molecular weight excluding hydrogens is 340 g/mol. The van der Waals surface area contributed by atoms with Crippen molar-refractivity contribution in [2.75, 3.05) is 18.0 Å². The highest BCUT2D eigenvalue weighted by molar-refractivity contribution is 5.85. The van der Waals surface area contributed by atoms with Gasteiger partial charge in [-0.2, -0.15) is 0 Å². The average molecular weight is 370 g/mol. The Bertz CT molecular complexity index is 859. The number of benzene rings is 1. The third-order valence-electron chi connectivity index (χ3n) is 5.35. The number of aryl methyl sites for hydroxylation is 1. The number of nitrogens with zero attached hydrogens (tertiary/aromatic N) is 3. The van der Waals surface area contributed by atoms with Crippen LogP contribution >= 0.6 is 0 Å². The van der Waals surface area contributed by atoms with Crippen molar-refractivity contribution >= 4 is 22.8 Å². The number of nitrogens with two attached hydrogens (primary N) is 1. The van der Waals surface area contributed by atoms with Crippen LogP contribution in [0.15, 0.2) is 24.3 Å². The first-order chi connectivity index (χ1) is 12.6. The molecule has 3 N–H and O–H groups in total. The maximum Gasteiger partial charge on any atom is 0.408 e. The van der Waals surface area contributed by atoms with Gasteiger partial charge in [-0.1, -0.05) is 18.2 Å². The number of anilines is 1. The minimum atomic E-state index is -0.927. The largest absolute Gasteiger partial charge is 0.465 e. The smallest absolute Gasteiger partial charge is 0.408 e. The molecule has 0 saturated carbocycles. The van der Waals surface area contributed by atoms with E-state index in [4.69, 9.17) is 10.7 Å². The third-order valence-corrected chi connectivity index (χ3v) is 5.35. The number of pyridine rings is 1. The lowest BCUT2D eigenvalue weighted by Crippen LogP contribution is -2.46. The highest BCUT2D eigenvalue weighted by Gasteiger charge is 2.34. The number of carbonyl (C=O) groups is 1. The van der Waals surface area contributed by atoms with Crippen molar-refractivity contribution in [3.63, 3.8) is 0 Å². The van der Waals surface area contributed by atoms with E-state index in [1.54, 1.807) is 0 Å². The summed E-state index contributed by atoms with van der Waals surface area (Å²) in [4.78, 5) is 20.7. The Labute approximate surface area is 161 Å². The minimum absolute atomic E-state index is 0.126. The molecule has 1 aliphatic heterocycles. The number of hydrogen-bond acceptors (Lipinski definition) is 4. The Morgan fingerprint density at radius 3 is 2.67 bits per heavy atom. The van der Waals surface area contributed by atoms with E-state index >= 15 is 0 Å². The van der Waals surface area contributed by atoms with E-state index in [1.807, 2.05) is 39.8 Å². The molecule has 1 aromatic heterocycles. The lowest BCUT2D eigenvalue weighted by molar-refractivity contribution is 0.0754. The van der Waals surface area contributed by atoms with Gasteiger partial charge in [-0.25, -0.2) is 9.78 Å². The van der Waals surface area contributed by atoms with E-state index in [1.165, 1.54) is 4.90 Å². The highest BCUT2D eigenvalue weighted by atomic mass is 16.4.